The largest absolute Gasteiger partial charge is 0.462 e. The molecular formula is C9H13NO3. The molecule has 0 unspecified atom stereocenters. The van der Waals surface area contributed by atoms with Crippen molar-refractivity contribution in [2.45, 2.75) is 6.42 Å². The third-order valence-electron chi connectivity index (χ3n) is 1.56. The molecule has 0 amide bonds. The summed E-state index contributed by atoms with van der Waals surface area (Å²) in [4.78, 5) is 11.2. The van der Waals surface area contributed by atoms with Crippen LogP contribution in [-0.4, -0.2) is 30.8 Å². The van der Waals surface area contributed by atoms with E-state index in [-0.39, 0.29) is 19.2 Å². The summed E-state index contributed by atoms with van der Waals surface area (Å²) >= 11 is 0. The first-order chi connectivity index (χ1) is 6.34. The third-order valence-corrected chi connectivity index (χ3v) is 1.56. The van der Waals surface area contributed by atoms with Crippen LogP contribution in [-0.2, 0) is 9.53 Å². The van der Waals surface area contributed by atoms with Gasteiger partial charge in [-0.2, -0.15) is 0 Å². The molecule has 0 aromatic carbocycles. The van der Waals surface area contributed by atoms with Crippen LogP contribution in [0.15, 0.2) is 23.9 Å². The van der Waals surface area contributed by atoms with Crippen molar-refractivity contribution in [2.24, 2.45) is 0 Å². The zero-order chi connectivity index (χ0) is 9.52. The number of aliphatic hydroxyl groups is 1. The van der Waals surface area contributed by atoms with Gasteiger partial charge in [0.05, 0.1) is 12.2 Å². The van der Waals surface area contributed by atoms with Gasteiger partial charge in [-0.1, -0.05) is 6.08 Å². The highest BCUT2D eigenvalue weighted by Gasteiger charge is 2.08. The molecular weight excluding hydrogens is 170 g/mol. The van der Waals surface area contributed by atoms with E-state index < -0.39 is 0 Å². The van der Waals surface area contributed by atoms with Gasteiger partial charge in [-0.3, -0.25) is 0 Å². The average Bonchev–Trinajstić information content (AvgIpc) is 2.19. The first-order valence-corrected chi connectivity index (χ1v) is 4.22. The Bertz CT molecular complexity index is 233. The van der Waals surface area contributed by atoms with Crippen LogP contribution >= 0.6 is 0 Å². The molecule has 0 bridgehead atoms. The van der Waals surface area contributed by atoms with E-state index in [2.05, 4.69) is 5.32 Å². The zero-order valence-corrected chi connectivity index (χ0v) is 7.32. The minimum Gasteiger partial charge on any atom is -0.462 e. The van der Waals surface area contributed by atoms with Gasteiger partial charge < -0.3 is 15.2 Å². The Morgan fingerprint density at radius 1 is 1.69 bits per heavy atom. The Morgan fingerprint density at radius 2 is 2.54 bits per heavy atom. The number of aliphatic hydroxyl groups excluding tert-OH is 1. The summed E-state index contributed by atoms with van der Waals surface area (Å²) in [7, 11) is 0. The third kappa shape index (κ3) is 3.29. The Hall–Kier alpha value is -1.29. The summed E-state index contributed by atoms with van der Waals surface area (Å²) in [6.07, 6.45) is 5.68. The minimum absolute atomic E-state index is 0.0421. The van der Waals surface area contributed by atoms with Crippen molar-refractivity contribution in [1.82, 2.24) is 5.32 Å². The van der Waals surface area contributed by atoms with Crippen molar-refractivity contribution in [3.63, 3.8) is 0 Å². The van der Waals surface area contributed by atoms with Gasteiger partial charge in [0, 0.05) is 25.8 Å². The van der Waals surface area contributed by atoms with E-state index in [9.17, 15) is 4.79 Å². The highest BCUT2D eigenvalue weighted by atomic mass is 16.5. The average molecular weight is 183 g/mol. The maximum Gasteiger partial charge on any atom is 0.339 e. The van der Waals surface area contributed by atoms with E-state index in [1.54, 1.807) is 12.3 Å². The fraction of sp³-hybridized carbons (Fsp3) is 0.444. The molecule has 0 spiro atoms. The van der Waals surface area contributed by atoms with Gasteiger partial charge in [0.2, 0.25) is 0 Å². The summed E-state index contributed by atoms with van der Waals surface area (Å²) in [5.74, 6) is -0.350. The van der Waals surface area contributed by atoms with Gasteiger partial charge in [0.1, 0.15) is 0 Å². The maximum atomic E-state index is 11.2. The number of nitrogens with one attached hydrogen (secondary N) is 1. The summed E-state index contributed by atoms with van der Waals surface area (Å²) in [6.45, 7) is 1.05. The van der Waals surface area contributed by atoms with Crippen LogP contribution in [0.2, 0.25) is 0 Å². The van der Waals surface area contributed by atoms with E-state index in [1.165, 1.54) is 0 Å². The van der Waals surface area contributed by atoms with Crippen molar-refractivity contribution in [3.05, 3.63) is 23.9 Å². The second-order valence-corrected chi connectivity index (χ2v) is 2.62. The molecule has 0 saturated carbocycles. The number of esters is 1. The van der Waals surface area contributed by atoms with Crippen molar-refractivity contribution < 1.29 is 14.6 Å². The van der Waals surface area contributed by atoms with Gasteiger partial charge in [0.15, 0.2) is 0 Å². The normalized spacial score (nSPS) is 14.7. The number of hydrogen-bond donors (Lipinski definition) is 2. The van der Waals surface area contributed by atoms with Gasteiger partial charge in [-0.05, 0) is 6.08 Å². The van der Waals surface area contributed by atoms with Crippen LogP contribution in [0, 0.1) is 0 Å². The predicted molar refractivity (Wildman–Crippen MR) is 47.9 cm³/mol. The van der Waals surface area contributed by atoms with Crippen LogP contribution in [0.25, 0.3) is 0 Å². The first-order valence-electron chi connectivity index (χ1n) is 4.22. The lowest BCUT2D eigenvalue weighted by Crippen LogP contribution is -2.16. The number of dihydropyridines is 1. The fourth-order valence-corrected chi connectivity index (χ4v) is 0.911. The van der Waals surface area contributed by atoms with Crippen LogP contribution < -0.4 is 5.32 Å². The van der Waals surface area contributed by atoms with E-state index in [4.69, 9.17) is 9.84 Å². The van der Waals surface area contributed by atoms with Gasteiger partial charge in [-0.15, -0.1) is 0 Å². The van der Waals surface area contributed by atoms with Gasteiger partial charge >= 0.3 is 5.97 Å². The highest BCUT2D eigenvalue weighted by Crippen LogP contribution is 2.02. The molecule has 0 aromatic heterocycles. The first kappa shape index (κ1) is 9.80. The molecule has 1 rings (SSSR count). The fourth-order valence-electron chi connectivity index (χ4n) is 0.911. The number of carbonyl (C=O) groups is 1. The number of hydrogen-bond acceptors (Lipinski definition) is 4. The molecule has 0 aromatic rings. The van der Waals surface area contributed by atoms with Crippen LogP contribution in [0.1, 0.15) is 6.42 Å². The Labute approximate surface area is 76.9 Å². The van der Waals surface area contributed by atoms with Crippen molar-refractivity contribution in [3.8, 4) is 0 Å². The molecule has 0 aliphatic carbocycles. The molecule has 0 radical (unpaired) electrons. The molecule has 13 heavy (non-hydrogen) atoms. The van der Waals surface area contributed by atoms with Crippen LogP contribution in [0.4, 0.5) is 0 Å². The summed E-state index contributed by atoms with van der Waals surface area (Å²) in [5.41, 5.74) is 0.518. The van der Waals surface area contributed by atoms with E-state index in [1.807, 2.05) is 6.08 Å². The number of ether oxygens (including phenoxy) is 1. The minimum atomic E-state index is -0.350. The van der Waals surface area contributed by atoms with E-state index in [0.717, 1.165) is 6.54 Å². The number of carbonyl (C=O) groups excluding carboxylic acids is 1. The molecule has 1 aliphatic rings. The molecule has 72 valence electrons. The monoisotopic (exact) mass is 183 g/mol. The highest BCUT2D eigenvalue weighted by molar-refractivity contribution is 5.91. The molecule has 0 atom stereocenters. The summed E-state index contributed by atoms with van der Waals surface area (Å²) in [5, 5.41) is 11.4. The second kappa shape index (κ2) is 5.37. The molecule has 0 saturated heterocycles. The maximum absolute atomic E-state index is 11.2. The Balaban J connectivity index is 2.30. The van der Waals surface area contributed by atoms with Crippen molar-refractivity contribution in [2.75, 3.05) is 19.8 Å². The quantitative estimate of drug-likeness (QED) is 0.474. The number of rotatable bonds is 4. The molecule has 4 heteroatoms. The van der Waals surface area contributed by atoms with Crippen LogP contribution in [0.3, 0.4) is 0 Å². The van der Waals surface area contributed by atoms with Gasteiger partial charge in [0.25, 0.3) is 0 Å². The summed E-state index contributed by atoms with van der Waals surface area (Å²) < 4.78 is 4.86. The van der Waals surface area contributed by atoms with Crippen molar-refractivity contribution in [1.29, 1.82) is 0 Å². The Morgan fingerprint density at radius 3 is 3.15 bits per heavy atom. The molecule has 4 nitrogen and oxygen atoms in total. The molecule has 1 heterocycles. The SMILES string of the molecule is O=C(OCCCO)C1=CNCC=C1. The molecule has 1 aliphatic heterocycles. The van der Waals surface area contributed by atoms with E-state index >= 15 is 0 Å². The van der Waals surface area contributed by atoms with E-state index in [0.29, 0.717) is 12.0 Å². The second-order valence-electron chi connectivity index (χ2n) is 2.62. The van der Waals surface area contributed by atoms with Crippen LogP contribution in [0.5, 0.6) is 0 Å². The zero-order valence-electron chi connectivity index (χ0n) is 7.32. The lowest BCUT2D eigenvalue weighted by atomic mass is 10.2. The standard InChI is InChI=1S/C9H13NO3/c11-5-2-6-13-9(12)8-3-1-4-10-7-8/h1,3,7,10-11H,2,4-6H2. The lowest BCUT2D eigenvalue weighted by molar-refractivity contribution is -0.138. The Kier molecular flexibility index (Phi) is 4.05. The molecule has 2 N–H and O–H groups in total. The molecule has 0 fully saturated rings. The smallest absolute Gasteiger partial charge is 0.339 e. The topological polar surface area (TPSA) is 58.6 Å². The summed E-state index contributed by atoms with van der Waals surface area (Å²) in [6, 6.07) is 0. The van der Waals surface area contributed by atoms with Gasteiger partial charge in [-0.25, -0.2) is 4.79 Å². The lowest BCUT2D eigenvalue weighted by Gasteiger charge is -2.07. The van der Waals surface area contributed by atoms with Crippen molar-refractivity contribution >= 4 is 5.97 Å². The predicted octanol–water partition coefficient (Wildman–Crippen LogP) is -0.0447.